The molecule has 1 saturated heterocycles. The van der Waals surface area contributed by atoms with Crippen LogP contribution in [-0.4, -0.2) is 71.9 Å². The van der Waals surface area contributed by atoms with Gasteiger partial charge >= 0.3 is 0 Å². The van der Waals surface area contributed by atoms with Crippen LogP contribution in [-0.2, 0) is 9.59 Å². The van der Waals surface area contributed by atoms with Gasteiger partial charge in [0.05, 0.1) is 23.1 Å². The van der Waals surface area contributed by atoms with Crippen molar-refractivity contribution in [3.8, 4) is 28.7 Å². The van der Waals surface area contributed by atoms with Gasteiger partial charge in [0.15, 0.2) is 23.1 Å². The van der Waals surface area contributed by atoms with Crippen LogP contribution in [0, 0.1) is 18.2 Å². The summed E-state index contributed by atoms with van der Waals surface area (Å²) in [6.45, 7) is 7.52. The second-order valence-electron chi connectivity index (χ2n) is 13.6. The van der Waals surface area contributed by atoms with Crippen molar-refractivity contribution >= 4 is 34.1 Å². The first-order valence-corrected chi connectivity index (χ1v) is 17.1. The van der Waals surface area contributed by atoms with Crippen molar-refractivity contribution in [3.63, 3.8) is 0 Å². The van der Waals surface area contributed by atoms with Crippen molar-refractivity contribution in [2.24, 2.45) is 5.41 Å². The van der Waals surface area contributed by atoms with E-state index < -0.39 is 22.7 Å². The summed E-state index contributed by atoms with van der Waals surface area (Å²) in [4.78, 5) is 33.0. The van der Waals surface area contributed by atoms with Gasteiger partial charge in [-0.2, -0.15) is 0 Å². The SMILES string of the molecule is Cc1ccc(NC(=O)C2(C(=O)Nc3ccc(Oc4ccnc5cc(OCCCN6CCC(C)(O)CC6)c6c(c45)OCCO6)c(F)c3)CC2)cc1. The second kappa shape index (κ2) is 13.8. The maximum absolute atomic E-state index is 15.5. The topological polar surface area (TPSA) is 131 Å². The molecule has 0 atom stereocenters. The van der Waals surface area contributed by atoms with E-state index in [1.165, 1.54) is 12.1 Å². The molecule has 2 amide bonds. The van der Waals surface area contributed by atoms with E-state index in [1.54, 1.807) is 30.5 Å². The normalized spacial score (nSPS) is 17.5. The lowest BCUT2D eigenvalue weighted by Gasteiger charge is -2.35. The Kier molecular flexibility index (Phi) is 9.23. The molecule has 4 aromatic rings. The van der Waals surface area contributed by atoms with Crippen LogP contribution in [0.1, 0.15) is 44.6 Å². The zero-order valence-electron chi connectivity index (χ0n) is 28.2. The molecule has 3 aromatic carbocycles. The average Bonchev–Trinajstić information content (AvgIpc) is 3.92. The Bertz CT molecular complexity index is 1900. The number of piperidine rings is 1. The molecule has 2 aliphatic heterocycles. The van der Waals surface area contributed by atoms with Gasteiger partial charge in [0.1, 0.15) is 24.4 Å². The molecule has 1 aliphatic carbocycles. The number of pyridine rings is 1. The summed E-state index contributed by atoms with van der Waals surface area (Å²) in [5.41, 5.74) is 0.618. The molecule has 12 heteroatoms. The van der Waals surface area contributed by atoms with Crippen LogP contribution in [0.2, 0.25) is 0 Å². The zero-order chi connectivity index (χ0) is 34.9. The van der Waals surface area contributed by atoms with Crippen LogP contribution in [0.3, 0.4) is 0 Å². The maximum Gasteiger partial charge on any atom is 0.240 e. The fourth-order valence-electron chi connectivity index (χ4n) is 6.30. The van der Waals surface area contributed by atoms with E-state index in [4.69, 9.17) is 18.9 Å². The Morgan fingerprint density at radius 1 is 0.900 bits per heavy atom. The minimum Gasteiger partial charge on any atom is -0.489 e. The van der Waals surface area contributed by atoms with E-state index in [0.717, 1.165) is 50.5 Å². The Balaban J connectivity index is 1.02. The van der Waals surface area contributed by atoms with E-state index in [-0.39, 0.29) is 17.3 Å². The molecular formula is C38H41FN4O7. The molecular weight excluding hydrogens is 643 g/mol. The number of halogens is 1. The molecule has 0 spiro atoms. The number of anilines is 2. The third-order valence-corrected chi connectivity index (χ3v) is 9.59. The number of aryl methyl sites for hydroxylation is 1. The number of carbonyl (C=O) groups is 2. The van der Waals surface area contributed by atoms with Gasteiger partial charge in [-0.3, -0.25) is 14.6 Å². The Morgan fingerprint density at radius 3 is 2.28 bits per heavy atom. The number of aliphatic hydroxyl groups is 1. The van der Waals surface area contributed by atoms with Crippen molar-refractivity contribution in [2.75, 3.05) is 50.1 Å². The zero-order valence-corrected chi connectivity index (χ0v) is 28.2. The first kappa shape index (κ1) is 33.6. The predicted octanol–water partition coefficient (Wildman–Crippen LogP) is 6.22. The molecule has 0 unspecified atom stereocenters. The molecule has 1 aromatic heterocycles. The van der Waals surface area contributed by atoms with E-state index in [0.29, 0.717) is 72.3 Å². The Labute approximate surface area is 289 Å². The average molecular weight is 685 g/mol. The third-order valence-electron chi connectivity index (χ3n) is 9.59. The standard InChI is InChI=1S/C38H41FN4O7/c1-24-4-6-25(7-5-24)41-35(44)38(11-12-38)36(45)42-26-8-9-29(27(39)22-26)50-30-10-15-40-28-23-31(33-34(32(28)30)49-21-20-48-33)47-19-3-16-43-17-13-37(2,46)14-18-43/h4-10,15,22-23,46H,3,11-14,16-21H2,1-2H3,(H,41,44)(H,42,45). The number of rotatable bonds is 11. The smallest absolute Gasteiger partial charge is 0.240 e. The van der Waals surface area contributed by atoms with Crippen LogP contribution >= 0.6 is 0 Å². The second-order valence-corrected chi connectivity index (χ2v) is 13.6. The number of ether oxygens (including phenoxy) is 4. The number of nitrogens with one attached hydrogen (secondary N) is 2. The first-order chi connectivity index (χ1) is 24.1. The summed E-state index contributed by atoms with van der Waals surface area (Å²) in [6.07, 6.45) is 4.68. The van der Waals surface area contributed by atoms with Gasteiger partial charge in [0.25, 0.3) is 0 Å². The molecule has 3 N–H and O–H groups in total. The fourth-order valence-corrected chi connectivity index (χ4v) is 6.30. The summed E-state index contributed by atoms with van der Waals surface area (Å²) in [6, 6.07) is 14.8. The molecule has 0 bridgehead atoms. The lowest BCUT2D eigenvalue weighted by Crippen LogP contribution is -2.42. The van der Waals surface area contributed by atoms with Crippen LogP contribution in [0.15, 0.2) is 60.8 Å². The van der Waals surface area contributed by atoms with Crippen molar-refractivity contribution in [3.05, 3.63) is 72.2 Å². The molecule has 1 saturated carbocycles. The molecule has 50 heavy (non-hydrogen) atoms. The van der Waals surface area contributed by atoms with E-state index in [2.05, 4.69) is 20.5 Å². The van der Waals surface area contributed by atoms with Gasteiger partial charge in [0, 0.05) is 49.3 Å². The summed E-state index contributed by atoms with van der Waals surface area (Å²) >= 11 is 0. The minimum absolute atomic E-state index is 0.0706. The largest absolute Gasteiger partial charge is 0.489 e. The highest BCUT2D eigenvalue weighted by Gasteiger charge is 2.56. The van der Waals surface area contributed by atoms with Gasteiger partial charge in [0.2, 0.25) is 17.6 Å². The third kappa shape index (κ3) is 7.17. The van der Waals surface area contributed by atoms with E-state index in [9.17, 15) is 14.7 Å². The predicted molar refractivity (Wildman–Crippen MR) is 186 cm³/mol. The molecule has 7 rings (SSSR count). The van der Waals surface area contributed by atoms with Gasteiger partial charge in [-0.1, -0.05) is 17.7 Å². The van der Waals surface area contributed by atoms with Crippen LogP contribution < -0.4 is 29.6 Å². The van der Waals surface area contributed by atoms with Crippen molar-refractivity contribution in [2.45, 2.75) is 51.6 Å². The highest BCUT2D eigenvalue weighted by molar-refractivity contribution is 6.17. The quantitative estimate of drug-likeness (QED) is 0.125. The van der Waals surface area contributed by atoms with Crippen LogP contribution in [0.5, 0.6) is 28.7 Å². The highest BCUT2D eigenvalue weighted by atomic mass is 19.1. The molecule has 0 radical (unpaired) electrons. The highest BCUT2D eigenvalue weighted by Crippen LogP contribution is 2.49. The Morgan fingerprint density at radius 2 is 1.58 bits per heavy atom. The number of carbonyl (C=O) groups excluding carboxylic acids is 2. The van der Waals surface area contributed by atoms with E-state index in [1.807, 2.05) is 26.0 Å². The minimum atomic E-state index is -1.20. The number of benzene rings is 3. The summed E-state index contributed by atoms with van der Waals surface area (Å²) in [7, 11) is 0. The number of fused-ring (bicyclic) bond motifs is 3. The van der Waals surface area contributed by atoms with Gasteiger partial charge in [-0.15, -0.1) is 0 Å². The van der Waals surface area contributed by atoms with Gasteiger partial charge < -0.3 is 39.6 Å². The van der Waals surface area contributed by atoms with Crippen LogP contribution in [0.4, 0.5) is 15.8 Å². The van der Waals surface area contributed by atoms with Gasteiger partial charge in [-0.25, -0.2) is 4.39 Å². The van der Waals surface area contributed by atoms with Crippen molar-refractivity contribution < 1.29 is 38.0 Å². The molecule has 11 nitrogen and oxygen atoms in total. The number of hydrogen-bond donors (Lipinski definition) is 3. The summed E-state index contributed by atoms with van der Waals surface area (Å²) in [5, 5.41) is 16.3. The van der Waals surface area contributed by atoms with E-state index >= 15 is 4.39 Å². The lowest BCUT2D eigenvalue weighted by atomic mass is 9.94. The van der Waals surface area contributed by atoms with Crippen molar-refractivity contribution in [1.82, 2.24) is 9.88 Å². The number of aromatic nitrogens is 1. The fraction of sp³-hybridized carbons (Fsp3) is 0.395. The number of hydrogen-bond acceptors (Lipinski definition) is 9. The van der Waals surface area contributed by atoms with Gasteiger partial charge in [-0.05, 0) is 76.3 Å². The number of amides is 2. The first-order valence-electron chi connectivity index (χ1n) is 17.1. The lowest BCUT2D eigenvalue weighted by molar-refractivity contribution is -0.131. The van der Waals surface area contributed by atoms with Crippen LogP contribution in [0.25, 0.3) is 10.9 Å². The summed E-state index contributed by atoms with van der Waals surface area (Å²) < 4.78 is 39.7. The number of nitrogens with zero attached hydrogens (tertiary/aromatic N) is 2. The molecule has 3 heterocycles. The molecule has 262 valence electrons. The molecule has 2 fully saturated rings. The Hall–Kier alpha value is -4.94. The molecule has 3 aliphatic rings. The number of likely N-dealkylation sites (tertiary alicyclic amines) is 1. The summed E-state index contributed by atoms with van der Waals surface area (Å²) in [5.74, 6) is 0.0139. The monoisotopic (exact) mass is 684 g/mol. The maximum atomic E-state index is 15.5. The van der Waals surface area contributed by atoms with Crippen molar-refractivity contribution in [1.29, 1.82) is 0 Å².